The lowest BCUT2D eigenvalue weighted by molar-refractivity contribution is -0.118. The summed E-state index contributed by atoms with van der Waals surface area (Å²) in [4.78, 5) is 23.8. The van der Waals surface area contributed by atoms with Crippen molar-refractivity contribution in [2.45, 2.75) is 13.0 Å². The maximum absolute atomic E-state index is 11.9. The summed E-state index contributed by atoms with van der Waals surface area (Å²) in [5.41, 5.74) is 1.88. The second kappa shape index (κ2) is 10.8. The summed E-state index contributed by atoms with van der Waals surface area (Å²) in [5.74, 6) is -0.408. The molecule has 2 amide bonds. The molecule has 1 unspecified atom stereocenters. The molecule has 27 heavy (non-hydrogen) atoms. The van der Waals surface area contributed by atoms with Gasteiger partial charge in [0.15, 0.2) is 0 Å². The largest absolute Gasteiger partial charge is 0.351 e. The molecule has 1 atom stereocenters. The molecule has 0 heterocycles. The lowest BCUT2D eigenvalue weighted by Gasteiger charge is -2.12. The van der Waals surface area contributed by atoms with Gasteiger partial charge in [-0.1, -0.05) is 56.1 Å². The van der Waals surface area contributed by atoms with E-state index in [1.165, 1.54) is 12.2 Å². The van der Waals surface area contributed by atoms with Gasteiger partial charge in [-0.15, -0.1) is 0 Å². The van der Waals surface area contributed by atoms with Gasteiger partial charge in [-0.2, -0.15) is 0 Å². The van der Waals surface area contributed by atoms with Gasteiger partial charge >= 0.3 is 0 Å². The Morgan fingerprint density at radius 2 is 1.30 bits per heavy atom. The van der Waals surface area contributed by atoms with Gasteiger partial charge in [-0.05, 0) is 54.5 Å². The Kier molecular flexibility index (Phi) is 8.48. The summed E-state index contributed by atoms with van der Waals surface area (Å²) in [6.07, 6.45) is 6.44. The summed E-state index contributed by atoms with van der Waals surface area (Å²) >= 11 is 6.74. The Morgan fingerprint density at radius 1 is 0.852 bits per heavy atom. The zero-order chi connectivity index (χ0) is 19.6. The van der Waals surface area contributed by atoms with E-state index in [0.29, 0.717) is 6.54 Å². The van der Waals surface area contributed by atoms with Gasteiger partial charge < -0.3 is 10.6 Å². The van der Waals surface area contributed by atoms with Crippen LogP contribution in [0.2, 0.25) is 0 Å². The lowest BCUT2D eigenvalue weighted by Crippen LogP contribution is -2.40. The van der Waals surface area contributed by atoms with Gasteiger partial charge in [0.2, 0.25) is 11.8 Å². The van der Waals surface area contributed by atoms with Crippen molar-refractivity contribution < 1.29 is 9.59 Å². The monoisotopic (exact) mass is 490 g/mol. The predicted octanol–water partition coefficient (Wildman–Crippen LogP) is 4.56. The van der Waals surface area contributed by atoms with Gasteiger partial charge in [0.1, 0.15) is 0 Å². The Balaban J connectivity index is 1.73. The smallest absolute Gasteiger partial charge is 0.244 e. The fourth-order valence-corrected chi connectivity index (χ4v) is 2.67. The molecule has 0 radical (unpaired) electrons. The van der Waals surface area contributed by atoms with E-state index in [2.05, 4.69) is 42.5 Å². The van der Waals surface area contributed by atoms with E-state index >= 15 is 0 Å². The fourth-order valence-electron chi connectivity index (χ4n) is 2.15. The molecule has 0 aliphatic rings. The van der Waals surface area contributed by atoms with Crippen molar-refractivity contribution in [3.8, 4) is 0 Å². The number of benzene rings is 2. The van der Waals surface area contributed by atoms with E-state index < -0.39 is 0 Å². The van der Waals surface area contributed by atoms with Crippen LogP contribution in [0.15, 0.2) is 69.6 Å². The fraction of sp³-hybridized carbons (Fsp3) is 0.143. The quantitative estimate of drug-likeness (QED) is 0.558. The van der Waals surface area contributed by atoms with E-state index in [9.17, 15) is 9.59 Å². The van der Waals surface area contributed by atoms with Crippen LogP contribution in [0.25, 0.3) is 12.2 Å². The Morgan fingerprint density at radius 3 is 1.78 bits per heavy atom. The minimum atomic E-state index is -0.204. The minimum absolute atomic E-state index is 0.183. The Labute approximate surface area is 176 Å². The molecule has 4 nitrogen and oxygen atoms in total. The van der Waals surface area contributed by atoms with Crippen LogP contribution in [0, 0.1) is 0 Å². The molecule has 2 aromatic rings. The van der Waals surface area contributed by atoms with Crippen LogP contribution in [0.1, 0.15) is 18.1 Å². The molecule has 0 aliphatic carbocycles. The van der Waals surface area contributed by atoms with Crippen LogP contribution >= 0.6 is 31.9 Å². The molecule has 0 aliphatic heterocycles. The third-order valence-electron chi connectivity index (χ3n) is 3.57. The standard InChI is InChI=1S/C21H20Br2N2O2/c1-15(25-21(27)13-7-17-4-10-19(23)11-5-17)14-24-20(26)12-6-16-2-8-18(22)9-3-16/h2-13,15H,14H2,1H3,(H,24,26)(H,25,27)/b12-6+,13-7+. The van der Waals surface area contributed by atoms with E-state index in [1.54, 1.807) is 12.2 Å². The molecule has 2 N–H and O–H groups in total. The summed E-state index contributed by atoms with van der Waals surface area (Å²) in [5, 5.41) is 5.59. The lowest BCUT2D eigenvalue weighted by atomic mass is 10.2. The predicted molar refractivity (Wildman–Crippen MR) is 117 cm³/mol. The first-order valence-electron chi connectivity index (χ1n) is 8.38. The Hall–Kier alpha value is -2.18. The van der Waals surface area contributed by atoms with Crippen molar-refractivity contribution in [3.63, 3.8) is 0 Å². The highest BCUT2D eigenvalue weighted by Crippen LogP contribution is 2.12. The molecular weight excluding hydrogens is 472 g/mol. The highest BCUT2D eigenvalue weighted by Gasteiger charge is 2.05. The first kappa shape index (κ1) is 21.1. The zero-order valence-electron chi connectivity index (χ0n) is 14.8. The maximum Gasteiger partial charge on any atom is 0.244 e. The van der Waals surface area contributed by atoms with Gasteiger partial charge in [-0.25, -0.2) is 0 Å². The first-order valence-corrected chi connectivity index (χ1v) is 9.96. The van der Waals surface area contributed by atoms with Gasteiger partial charge in [0.25, 0.3) is 0 Å². The maximum atomic E-state index is 11.9. The van der Waals surface area contributed by atoms with Gasteiger partial charge in [0, 0.05) is 33.7 Å². The molecule has 2 rings (SSSR count). The summed E-state index contributed by atoms with van der Waals surface area (Å²) in [7, 11) is 0. The highest BCUT2D eigenvalue weighted by molar-refractivity contribution is 9.10. The highest BCUT2D eigenvalue weighted by atomic mass is 79.9. The van der Waals surface area contributed by atoms with Crippen LogP contribution in [-0.2, 0) is 9.59 Å². The number of carbonyl (C=O) groups is 2. The van der Waals surface area contributed by atoms with Crippen LogP contribution < -0.4 is 10.6 Å². The van der Waals surface area contributed by atoms with E-state index in [1.807, 2.05) is 55.5 Å². The van der Waals surface area contributed by atoms with Gasteiger partial charge in [0.05, 0.1) is 0 Å². The second-order valence-electron chi connectivity index (χ2n) is 5.92. The summed E-state index contributed by atoms with van der Waals surface area (Å²) < 4.78 is 1.98. The summed E-state index contributed by atoms with van der Waals surface area (Å²) in [6, 6.07) is 15.1. The Bertz CT molecular complexity index is 828. The minimum Gasteiger partial charge on any atom is -0.351 e. The summed E-state index contributed by atoms with van der Waals surface area (Å²) in [6.45, 7) is 2.19. The number of amides is 2. The van der Waals surface area contributed by atoms with Gasteiger partial charge in [-0.3, -0.25) is 9.59 Å². The molecule has 0 fully saturated rings. The molecule has 0 saturated carbocycles. The second-order valence-corrected chi connectivity index (χ2v) is 7.76. The number of hydrogen-bond acceptors (Lipinski definition) is 2. The van der Waals surface area contributed by atoms with Crippen molar-refractivity contribution in [3.05, 3.63) is 80.8 Å². The topological polar surface area (TPSA) is 58.2 Å². The van der Waals surface area contributed by atoms with E-state index in [0.717, 1.165) is 20.1 Å². The van der Waals surface area contributed by atoms with Crippen molar-refractivity contribution in [1.29, 1.82) is 0 Å². The molecule has 0 spiro atoms. The van der Waals surface area contributed by atoms with Crippen LogP contribution in [0.4, 0.5) is 0 Å². The van der Waals surface area contributed by atoms with Crippen LogP contribution in [0.3, 0.4) is 0 Å². The molecular formula is C21H20Br2N2O2. The molecule has 0 aromatic heterocycles. The average molecular weight is 492 g/mol. The third-order valence-corrected chi connectivity index (χ3v) is 4.62. The number of halogens is 2. The molecule has 0 saturated heterocycles. The normalized spacial score (nSPS) is 12.3. The number of hydrogen-bond donors (Lipinski definition) is 2. The number of carbonyl (C=O) groups excluding carboxylic acids is 2. The number of rotatable bonds is 7. The zero-order valence-corrected chi connectivity index (χ0v) is 18.0. The van der Waals surface area contributed by atoms with E-state index in [4.69, 9.17) is 0 Å². The third kappa shape index (κ3) is 8.37. The van der Waals surface area contributed by atoms with Crippen LogP contribution in [0.5, 0.6) is 0 Å². The van der Waals surface area contributed by atoms with Crippen molar-refractivity contribution >= 4 is 55.8 Å². The molecule has 6 heteroatoms. The van der Waals surface area contributed by atoms with Crippen LogP contribution in [-0.4, -0.2) is 24.4 Å². The van der Waals surface area contributed by atoms with Crippen molar-refractivity contribution in [2.75, 3.05) is 6.54 Å². The molecule has 0 bridgehead atoms. The average Bonchev–Trinajstić information content (AvgIpc) is 2.65. The SMILES string of the molecule is CC(CNC(=O)/C=C/c1ccc(Br)cc1)NC(=O)/C=C/c1ccc(Br)cc1. The van der Waals surface area contributed by atoms with Crippen molar-refractivity contribution in [2.24, 2.45) is 0 Å². The van der Waals surface area contributed by atoms with E-state index in [-0.39, 0.29) is 17.9 Å². The molecule has 140 valence electrons. The first-order chi connectivity index (χ1) is 12.9. The number of nitrogens with one attached hydrogen (secondary N) is 2. The van der Waals surface area contributed by atoms with Crippen molar-refractivity contribution in [1.82, 2.24) is 10.6 Å². The molecule has 2 aromatic carbocycles.